The molecule has 0 saturated heterocycles. The van der Waals surface area contributed by atoms with Crippen molar-refractivity contribution < 1.29 is 4.79 Å². The zero-order valence-corrected chi connectivity index (χ0v) is 12.8. The number of fused-ring (bicyclic) bond motifs is 1. The summed E-state index contributed by atoms with van der Waals surface area (Å²) < 4.78 is 3.31. The first-order valence-corrected chi connectivity index (χ1v) is 7.99. The Hall–Kier alpha value is -1.55. The summed E-state index contributed by atoms with van der Waals surface area (Å²) in [4.78, 5) is 13.6. The lowest BCUT2D eigenvalue weighted by molar-refractivity contribution is 0.0943. The maximum absolute atomic E-state index is 12.4. The Morgan fingerprint density at radius 2 is 2.30 bits per heavy atom. The highest BCUT2D eigenvalue weighted by atomic mass is 32.1. The van der Waals surface area contributed by atoms with Crippen molar-refractivity contribution in [3.8, 4) is 0 Å². The van der Waals surface area contributed by atoms with Crippen molar-refractivity contribution in [3.63, 3.8) is 0 Å². The number of nitrogens with one attached hydrogen (secondary N) is 1. The second kappa shape index (κ2) is 5.44. The second-order valence-corrected chi connectivity index (χ2v) is 6.76. The van der Waals surface area contributed by atoms with E-state index in [9.17, 15) is 4.79 Å². The first-order chi connectivity index (χ1) is 9.69. The third-order valence-corrected chi connectivity index (χ3v) is 4.70. The van der Waals surface area contributed by atoms with Gasteiger partial charge in [0.05, 0.1) is 10.2 Å². The number of aryl methyl sites for hydroxylation is 1. The molecule has 1 aliphatic carbocycles. The van der Waals surface area contributed by atoms with E-state index in [4.69, 9.17) is 0 Å². The molecule has 1 fully saturated rings. The molecule has 0 atom stereocenters. The molecule has 2 aromatic heterocycles. The van der Waals surface area contributed by atoms with Gasteiger partial charge in [0.2, 0.25) is 0 Å². The number of allylic oxidation sites excluding steroid dienone is 2. The molecule has 0 spiro atoms. The highest BCUT2D eigenvalue weighted by Gasteiger charge is 2.23. The van der Waals surface area contributed by atoms with E-state index in [0.717, 1.165) is 18.8 Å². The van der Waals surface area contributed by atoms with E-state index in [0.29, 0.717) is 5.92 Å². The van der Waals surface area contributed by atoms with Crippen molar-refractivity contribution in [2.75, 3.05) is 6.54 Å². The molecule has 0 bridgehead atoms. The molecule has 3 nitrogen and oxygen atoms in total. The van der Waals surface area contributed by atoms with E-state index in [2.05, 4.69) is 29.0 Å². The van der Waals surface area contributed by atoms with Gasteiger partial charge >= 0.3 is 0 Å². The maximum Gasteiger partial charge on any atom is 0.267 e. The molecule has 0 aromatic carbocycles. The van der Waals surface area contributed by atoms with Crippen LogP contribution in [0.2, 0.25) is 0 Å². The molecule has 3 rings (SSSR count). The molecule has 4 heteroatoms. The minimum Gasteiger partial charge on any atom is -0.350 e. The zero-order valence-electron chi connectivity index (χ0n) is 12.0. The molecule has 1 saturated carbocycles. The predicted molar refractivity (Wildman–Crippen MR) is 84.4 cm³/mol. The topological polar surface area (TPSA) is 34.0 Å². The number of amides is 1. The van der Waals surface area contributed by atoms with E-state index in [1.807, 2.05) is 19.1 Å². The smallest absolute Gasteiger partial charge is 0.267 e. The van der Waals surface area contributed by atoms with Crippen LogP contribution in [0.5, 0.6) is 0 Å². The fourth-order valence-electron chi connectivity index (χ4n) is 2.41. The van der Waals surface area contributed by atoms with Crippen LogP contribution in [-0.4, -0.2) is 17.0 Å². The number of hydrogen-bond donors (Lipinski definition) is 1. The molecule has 0 aliphatic heterocycles. The molecular weight excluding hydrogens is 268 g/mol. The quantitative estimate of drug-likeness (QED) is 0.836. The number of carbonyl (C=O) groups is 1. The van der Waals surface area contributed by atoms with Crippen molar-refractivity contribution in [2.45, 2.75) is 33.2 Å². The molecule has 1 aliphatic rings. The largest absolute Gasteiger partial charge is 0.350 e. The van der Waals surface area contributed by atoms with Gasteiger partial charge in [-0.3, -0.25) is 4.79 Å². The minimum atomic E-state index is 0.0578. The Balaban J connectivity index is 1.90. The van der Waals surface area contributed by atoms with Gasteiger partial charge in [0.1, 0.15) is 5.69 Å². The average molecular weight is 288 g/mol. The SMILES string of the molecule is CC=CCn1c(C(=O)NCC2CC2)cc2sc(C)cc21. The Labute approximate surface area is 123 Å². The molecule has 2 aromatic rings. The van der Waals surface area contributed by atoms with Crippen molar-refractivity contribution in [3.05, 3.63) is 34.9 Å². The van der Waals surface area contributed by atoms with E-state index >= 15 is 0 Å². The third-order valence-electron chi connectivity index (χ3n) is 3.72. The van der Waals surface area contributed by atoms with Crippen LogP contribution < -0.4 is 5.32 Å². The molecule has 1 amide bonds. The maximum atomic E-state index is 12.4. The van der Waals surface area contributed by atoms with E-state index in [1.165, 1.54) is 27.9 Å². The Kier molecular flexibility index (Phi) is 3.66. The number of carbonyl (C=O) groups excluding carboxylic acids is 1. The lowest BCUT2D eigenvalue weighted by Gasteiger charge is -2.08. The third kappa shape index (κ3) is 2.66. The van der Waals surface area contributed by atoms with Crippen LogP contribution in [-0.2, 0) is 6.54 Å². The Bertz CT molecular complexity index is 661. The van der Waals surface area contributed by atoms with Crippen molar-refractivity contribution in [1.82, 2.24) is 9.88 Å². The highest BCUT2D eigenvalue weighted by Crippen LogP contribution is 2.30. The summed E-state index contributed by atoms with van der Waals surface area (Å²) in [6.45, 7) is 5.69. The highest BCUT2D eigenvalue weighted by molar-refractivity contribution is 7.19. The second-order valence-electron chi connectivity index (χ2n) is 5.47. The van der Waals surface area contributed by atoms with Gasteiger partial charge < -0.3 is 9.88 Å². The first kappa shape index (κ1) is 13.4. The number of hydrogen-bond acceptors (Lipinski definition) is 2. The summed E-state index contributed by atoms with van der Waals surface area (Å²) in [6.07, 6.45) is 6.63. The predicted octanol–water partition coefficient (Wildman–Crippen LogP) is 3.73. The fraction of sp³-hybridized carbons (Fsp3) is 0.438. The van der Waals surface area contributed by atoms with Gasteiger partial charge in [-0.2, -0.15) is 0 Å². The summed E-state index contributed by atoms with van der Waals surface area (Å²) in [5, 5.41) is 3.06. The van der Waals surface area contributed by atoms with Crippen molar-refractivity contribution >= 4 is 27.5 Å². The Morgan fingerprint density at radius 3 is 3.00 bits per heavy atom. The molecule has 0 radical (unpaired) electrons. The van der Waals surface area contributed by atoms with E-state index in [-0.39, 0.29) is 5.91 Å². The summed E-state index contributed by atoms with van der Waals surface area (Å²) in [7, 11) is 0. The van der Waals surface area contributed by atoms with Gasteiger partial charge in [-0.1, -0.05) is 12.2 Å². The van der Waals surface area contributed by atoms with Crippen LogP contribution in [0, 0.1) is 12.8 Å². The normalized spacial score (nSPS) is 15.3. The van der Waals surface area contributed by atoms with Gasteiger partial charge in [-0.05, 0) is 44.7 Å². The summed E-state index contributed by atoms with van der Waals surface area (Å²) in [6, 6.07) is 4.19. The van der Waals surface area contributed by atoms with Crippen molar-refractivity contribution in [2.24, 2.45) is 5.92 Å². The zero-order chi connectivity index (χ0) is 14.1. The van der Waals surface area contributed by atoms with Gasteiger partial charge in [0, 0.05) is 18.0 Å². The van der Waals surface area contributed by atoms with Crippen LogP contribution in [0.1, 0.15) is 35.1 Å². The Morgan fingerprint density at radius 1 is 1.50 bits per heavy atom. The molecule has 1 N–H and O–H groups in total. The number of rotatable bonds is 5. The van der Waals surface area contributed by atoms with Gasteiger partial charge in [0.25, 0.3) is 5.91 Å². The van der Waals surface area contributed by atoms with Gasteiger partial charge in [-0.25, -0.2) is 0 Å². The van der Waals surface area contributed by atoms with Crippen LogP contribution >= 0.6 is 11.3 Å². The molecule has 106 valence electrons. The van der Waals surface area contributed by atoms with E-state index < -0.39 is 0 Å². The van der Waals surface area contributed by atoms with Gasteiger partial charge in [0.15, 0.2) is 0 Å². The number of aromatic nitrogens is 1. The van der Waals surface area contributed by atoms with Crippen LogP contribution in [0.4, 0.5) is 0 Å². The molecule has 20 heavy (non-hydrogen) atoms. The summed E-state index contributed by atoms with van der Waals surface area (Å²) >= 11 is 1.75. The fourth-order valence-corrected chi connectivity index (χ4v) is 3.37. The number of nitrogens with zero attached hydrogens (tertiary/aromatic N) is 1. The minimum absolute atomic E-state index is 0.0578. The summed E-state index contributed by atoms with van der Waals surface area (Å²) in [5.74, 6) is 0.767. The molecular formula is C16H20N2OS. The monoisotopic (exact) mass is 288 g/mol. The number of thiophene rings is 1. The first-order valence-electron chi connectivity index (χ1n) is 7.18. The molecule has 0 unspecified atom stereocenters. The van der Waals surface area contributed by atoms with E-state index in [1.54, 1.807) is 11.3 Å². The average Bonchev–Trinajstić information content (AvgIpc) is 3.10. The standard InChI is InChI=1S/C16H20N2OS/c1-3-4-7-18-13-8-11(2)20-15(13)9-14(18)16(19)17-10-12-5-6-12/h3-4,8-9,12H,5-7,10H2,1-2H3,(H,17,19). The lowest BCUT2D eigenvalue weighted by atomic mass is 10.3. The van der Waals surface area contributed by atoms with Crippen molar-refractivity contribution in [1.29, 1.82) is 0 Å². The molecule has 2 heterocycles. The van der Waals surface area contributed by atoms with Crippen LogP contribution in [0.15, 0.2) is 24.3 Å². The van der Waals surface area contributed by atoms with Gasteiger partial charge in [-0.15, -0.1) is 11.3 Å². The van der Waals surface area contributed by atoms with Crippen LogP contribution in [0.25, 0.3) is 10.2 Å². The summed E-state index contributed by atoms with van der Waals surface area (Å²) in [5.41, 5.74) is 1.95. The van der Waals surface area contributed by atoms with Crippen LogP contribution in [0.3, 0.4) is 0 Å². The lowest BCUT2D eigenvalue weighted by Crippen LogP contribution is -2.27.